The van der Waals surface area contributed by atoms with Gasteiger partial charge in [0.25, 0.3) is 0 Å². The number of rotatable bonds is 7. The lowest BCUT2D eigenvalue weighted by Crippen LogP contribution is -2.28. The van der Waals surface area contributed by atoms with Gasteiger partial charge in [-0.1, -0.05) is 39.0 Å². The third-order valence-electron chi connectivity index (χ3n) is 3.83. The summed E-state index contributed by atoms with van der Waals surface area (Å²) in [5, 5.41) is 21.9. The van der Waals surface area contributed by atoms with Gasteiger partial charge < -0.3 is 14.6 Å². The van der Waals surface area contributed by atoms with E-state index in [0.29, 0.717) is 5.75 Å². The van der Waals surface area contributed by atoms with Crippen LogP contribution in [0.5, 0.6) is 17.2 Å². The van der Waals surface area contributed by atoms with E-state index < -0.39 is 6.10 Å². The van der Waals surface area contributed by atoms with Crippen molar-refractivity contribution in [1.82, 2.24) is 20.2 Å². The quantitative estimate of drug-likeness (QED) is 0.690. The summed E-state index contributed by atoms with van der Waals surface area (Å²) in [4.78, 5) is 0. The van der Waals surface area contributed by atoms with Gasteiger partial charge in [0.15, 0.2) is 5.82 Å². The van der Waals surface area contributed by atoms with Crippen molar-refractivity contribution in [1.29, 1.82) is 0 Å². The van der Waals surface area contributed by atoms with Gasteiger partial charge in [0.1, 0.15) is 30.0 Å². The maximum Gasteiger partial charge on any atom is 0.156 e. The Morgan fingerprint density at radius 1 is 0.963 bits per heavy atom. The molecule has 3 rings (SSSR count). The fourth-order valence-corrected chi connectivity index (χ4v) is 2.54. The van der Waals surface area contributed by atoms with Crippen LogP contribution in [0.15, 0.2) is 54.6 Å². The number of tetrazole rings is 1. The molecular weight excluding hydrogens is 344 g/mol. The van der Waals surface area contributed by atoms with Crippen LogP contribution in [-0.4, -0.2) is 38.0 Å². The fourth-order valence-electron chi connectivity index (χ4n) is 2.54. The lowest BCUT2D eigenvalue weighted by atomic mass is 9.96. The Morgan fingerprint density at radius 2 is 1.59 bits per heavy atom. The summed E-state index contributed by atoms with van der Waals surface area (Å²) in [6.07, 6.45) is -0.727. The third-order valence-corrected chi connectivity index (χ3v) is 3.83. The molecule has 0 radical (unpaired) electrons. The van der Waals surface area contributed by atoms with Crippen molar-refractivity contribution >= 4 is 0 Å². The van der Waals surface area contributed by atoms with Crippen LogP contribution in [-0.2, 0) is 12.0 Å². The molecule has 27 heavy (non-hydrogen) atoms. The summed E-state index contributed by atoms with van der Waals surface area (Å²) < 4.78 is 13.0. The van der Waals surface area contributed by atoms with Crippen LogP contribution in [0.2, 0.25) is 0 Å². The van der Waals surface area contributed by atoms with Crippen molar-refractivity contribution in [3.05, 3.63) is 60.4 Å². The minimum atomic E-state index is -0.727. The molecule has 2 aromatic carbocycles. The second-order valence-corrected chi connectivity index (χ2v) is 7.29. The highest BCUT2D eigenvalue weighted by Gasteiger charge is 2.23. The standard InChI is InChI=1S/C20H24N4O3/c1-20(2,3)19-21-22-23-24(19)13-15(25)14-26-16-9-11-18(12-10-16)27-17-7-5-4-6-8-17/h4-12,15,25H,13-14H2,1-3H3/t15-/m1/s1. The number of aromatic nitrogens is 4. The van der Waals surface area contributed by atoms with Crippen molar-refractivity contribution in [3.63, 3.8) is 0 Å². The molecule has 0 aliphatic heterocycles. The topological polar surface area (TPSA) is 82.3 Å². The number of benzene rings is 2. The normalized spacial score (nSPS) is 12.6. The van der Waals surface area contributed by atoms with Crippen LogP contribution in [0.3, 0.4) is 0 Å². The third kappa shape index (κ3) is 5.27. The first-order valence-electron chi connectivity index (χ1n) is 8.82. The monoisotopic (exact) mass is 368 g/mol. The minimum absolute atomic E-state index is 0.141. The molecule has 7 heteroatoms. The van der Waals surface area contributed by atoms with Crippen molar-refractivity contribution in [2.24, 2.45) is 0 Å². The molecule has 0 amide bonds. The molecule has 3 aromatic rings. The van der Waals surface area contributed by atoms with Crippen LogP contribution in [0, 0.1) is 0 Å². The Hall–Kier alpha value is -2.93. The van der Waals surface area contributed by atoms with E-state index in [0.717, 1.165) is 17.3 Å². The maximum absolute atomic E-state index is 10.3. The molecule has 1 atom stereocenters. The molecule has 1 aromatic heterocycles. The second-order valence-electron chi connectivity index (χ2n) is 7.29. The van der Waals surface area contributed by atoms with Crippen LogP contribution in [0.4, 0.5) is 0 Å². The molecule has 0 bridgehead atoms. The van der Waals surface area contributed by atoms with E-state index in [1.54, 1.807) is 4.68 Å². The van der Waals surface area contributed by atoms with Gasteiger partial charge in [-0.25, -0.2) is 4.68 Å². The number of nitrogens with zero attached hydrogens (tertiary/aromatic N) is 4. The Balaban J connectivity index is 1.52. The largest absolute Gasteiger partial charge is 0.491 e. The van der Waals surface area contributed by atoms with Gasteiger partial charge in [0, 0.05) is 5.41 Å². The van der Waals surface area contributed by atoms with Crippen molar-refractivity contribution in [2.45, 2.75) is 38.8 Å². The summed E-state index contributed by atoms with van der Waals surface area (Å²) in [5.74, 6) is 2.88. The van der Waals surface area contributed by atoms with Gasteiger partial charge in [-0.05, 0) is 46.8 Å². The summed E-state index contributed by atoms with van der Waals surface area (Å²) in [6.45, 7) is 6.49. The lowest BCUT2D eigenvalue weighted by molar-refractivity contribution is 0.0871. The smallest absolute Gasteiger partial charge is 0.156 e. The number of ether oxygens (including phenoxy) is 2. The molecule has 1 N–H and O–H groups in total. The number of hydrogen-bond donors (Lipinski definition) is 1. The van der Waals surface area contributed by atoms with Gasteiger partial charge in [-0.3, -0.25) is 0 Å². The predicted molar refractivity (Wildman–Crippen MR) is 101 cm³/mol. The number of aliphatic hydroxyl groups is 1. The molecule has 142 valence electrons. The SMILES string of the molecule is CC(C)(C)c1nnnn1C[C@@H](O)COc1ccc(Oc2ccccc2)cc1. The maximum atomic E-state index is 10.3. The van der Waals surface area contributed by atoms with E-state index >= 15 is 0 Å². The lowest BCUT2D eigenvalue weighted by Gasteiger charge is -2.19. The summed E-state index contributed by atoms with van der Waals surface area (Å²) >= 11 is 0. The summed E-state index contributed by atoms with van der Waals surface area (Å²) in [5.41, 5.74) is -0.196. The van der Waals surface area contributed by atoms with Crippen LogP contribution < -0.4 is 9.47 Å². The number of aliphatic hydroxyl groups excluding tert-OH is 1. The summed E-state index contributed by atoms with van der Waals surface area (Å²) in [7, 11) is 0. The first kappa shape index (κ1) is 18.8. The molecule has 0 saturated heterocycles. The number of hydrogen-bond acceptors (Lipinski definition) is 6. The average Bonchev–Trinajstić information content (AvgIpc) is 3.10. The van der Waals surface area contributed by atoms with Gasteiger partial charge in [-0.2, -0.15) is 0 Å². The number of para-hydroxylation sites is 1. The van der Waals surface area contributed by atoms with E-state index in [-0.39, 0.29) is 18.6 Å². The first-order chi connectivity index (χ1) is 12.9. The van der Waals surface area contributed by atoms with E-state index in [4.69, 9.17) is 9.47 Å². The molecule has 0 aliphatic carbocycles. The first-order valence-corrected chi connectivity index (χ1v) is 8.82. The van der Waals surface area contributed by atoms with Gasteiger partial charge in [0.2, 0.25) is 0 Å². The highest BCUT2D eigenvalue weighted by atomic mass is 16.5. The average molecular weight is 368 g/mol. The van der Waals surface area contributed by atoms with Gasteiger partial charge in [0.05, 0.1) is 6.54 Å². The summed E-state index contributed by atoms with van der Waals surface area (Å²) in [6, 6.07) is 16.8. The van der Waals surface area contributed by atoms with Crippen molar-refractivity contribution < 1.29 is 14.6 Å². The second kappa shape index (κ2) is 8.18. The van der Waals surface area contributed by atoms with E-state index in [1.165, 1.54) is 0 Å². The zero-order valence-electron chi connectivity index (χ0n) is 15.7. The van der Waals surface area contributed by atoms with Crippen LogP contribution >= 0.6 is 0 Å². The van der Waals surface area contributed by atoms with Gasteiger partial charge >= 0.3 is 0 Å². The Bertz CT molecular complexity index is 842. The predicted octanol–water partition coefficient (Wildman–Crippen LogP) is 3.20. The highest BCUT2D eigenvalue weighted by Crippen LogP contribution is 2.23. The van der Waals surface area contributed by atoms with Crippen LogP contribution in [0.25, 0.3) is 0 Å². The molecule has 0 unspecified atom stereocenters. The van der Waals surface area contributed by atoms with Crippen molar-refractivity contribution in [2.75, 3.05) is 6.61 Å². The molecule has 7 nitrogen and oxygen atoms in total. The van der Waals surface area contributed by atoms with Crippen molar-refractivity contribution in [3.8, 4) is 17.2 Å². The molecular formula is C20H24N4O3. The van der Waals surface area contributed by atoms with E-state index in [1.807, 2.05) is 75.4 Å². The zero-order chi connectivity index (χ0) is 19.3. The fraction of sp³-hybridized carbons (Fsp3) is 0.350. The molecule has 0 saturated carbocycles. The molecule has 0 fully saturated rings. The Morgan fingerprint density at radius 3 is 2.26 bits per heavy atom. The van der Waals surface area contributed by atoms with E-state index in [9.17, 15) is 5.11 Å². The molecule has 0 aliphatic rings. The Kier molecular flexibility index (Phi) is 5.71. The minimum Gasteiger partial charge on any atom is -0.491 e. The highest BCUT2D eigenvalue weighted by molar-refractivity contribution is 5.35. The van der Waals surface area contributed by atoms with Gasteiger partial charge in [-0.15, -0.1) is 5.10 Å². The van der Waals surface area contributed by atoms with E-state index in [2.05, 4.69) is 15.5 Å². The molecule has 0 spiro atoms. The Labute approximate surface area is 158 Å². The molecule has 1 heterocycles. The van der Waals surface area contributed by atoms with Crippen LogP contribution in [0.1, 0.15) is 26.6 Å². The zero-order valence-corrected chi connectivity index (χ0v) is 15.7.